The van der Waals surface area contributed by atoms with E-state index in [0.29, 0.717) is 0 Å². The summed E-state index contributed by atoms with van der Waals surface area (Å²) in [5.41, 5.74) is 0. The summed E-state index contributed by atoms with van der Waals surface area (Å²) in [4.78, 5) is 19.6. The average molecular weight is 215 g/mol. The van der Waals surface area contributed by atoms with E-state index in [4.69, 9.17) is 0 Å². The van der Waals surface area contributed by atoms with E-state index in [0.717, 1.165) is 0 Å². The van der Waals surface area contributed by atoms with Crippen molar-refractivity contribution in [3.05, 3.63) is 0 Å². The molecule has 0 spiro atoms. The number of ether oxygens (including phenoxy) is 1. The van der Waals surface area contributed by atoms with Crippen LogP contribution in [0, 0.1) is 0 Å². The number of esters is 2. The molecule has 0 aromatic carbocycles. The third kappa shape index (κ3) is 9.41. The summed E-state index contributed by atoms with van der Waals surface area (Å²) in [6.07, 6.45) is 0. The maximum absolute atomic E-state index is 9.81. The van der Waals surface area contributed by atoms with Gasteiger partial charge < -0.3 is 4.74 Å². The Kier molecular flexibility index (Phi) is 7.12. The summed E-state index contributed by atoms with van der Waals surface area (Å²) in [5, 5.41) is 0. The minimum atomic E-state index is -0.562. The van der Waals surface area contributed by atoms with Crippen LogP contribution in [0.1, 0.15) is 13.8 Å². The summed E-state index contributed by atoms with van der Waals surface area (Å²) in [6, 6.07) is 0. The zero-order valence-corrected chi connectivity index (χ0v) is 8.97. The molecule has 42 valence electrons. The maximum Gasteiger partial charge on any atom is 0.310 e. The van der Waals surface area contributed by atoms with Crippen LogP contribution in [0.2, 0.25) is 0 Å². The van der Waals surface area contributed by atoms with Crippen LogP contribution in [-0.2, 0) is 41.6 Å². The largest absolute Gasteiger partial charge is 0.394 e. The van der Waals surface area contributed by atoms with Crippen LogP contribution in [0.25, 0.3) is 0 Å². The predicted octanol–water partition coefficient (Wildman–Crippen LogP) is 0.0935. The third-order valence-corrected chi connectivity index (χ3v) is 0.287. The van der Waals surface area contributed by atoms with Crippen molar-refractivity contribution in [2.75, 3.05) is 0 Å². The molecule has 0 radical (unpaired) electrons. The number of carbonyl (C=O) groups excluding carboxylic acids is 2. The molecule has 0 unspecified atom stereocenters. The second kappa shape index (κ2) is 5.20. The van der Waals surface area contributed by atoms with E-state index in [9.17, 15) is 9.59 Å². The molecule has 0 atom stereocenters. The fourth-order valence-corrected chi connectivity index (χ4v) is 0.202. The Balaban J connectivity index is 0. The first-order chi connectivity index (χ1) is 3.13. The van der Waals surface area contributed by atoms with Crippen LogP contribution < -0.4 is 0 Å². The van der Waals surface area contributed by atoms with Crippen molar-refractivity contribution in [2.45, 2.75) is 13.8 Å². The molecular formula is C4H6CdO3. The van der Waals surface area contributed by atoms with E-state index < -0.39 is 11.9 Å². The van der Waals surface area contributed by atoms with Crippen molar-refractivity contribution in [1.82, 2.24) is 0 Å². The van der Waals surface area contributed by atoms with Gasteiger partial charge in [-0.3, -0.25) is 9.59 Å². The molecule has 0 fully saturated rings. The van der Waals surface area contributed by atoms with Gasteiger partial charge in [0.15, 0.2) is 0 Å². The van der Waals surface area contributed by atoms with Crippen molar-refractivity contribution < 1.29 is 41.6 Å². The topological polar surface area (TPSA) is 43.4 Å². The Morgan fingerprint density at radius 2 is 1.38 bits per heavy atom. The molecule has 4 heteroatoms. The number of carbonyl (C=O) groups is 2. The van der Waals surface area contributed by atoms with Crippen LogP contribution >= 0.6 is 0 Å². The molecule has 0 saturated carbocycles. The molecule has 0 aliphatic carbocycles. The van der Waals surface area contributed by atoms with Crippen molar-refractivity contribution in [3.8, 4) is 0 Å². The van der Waals surface area contributed by atoms with Gasteiger partial charge in [-0.1, -0.05) is 0 Å². The zero-order valence-electron chi connectivity index (χ0n) is 4.93. The summed E-state index contributed by atoms with van der Waals surface area (Å²) in [6.45, 7) is 2.36. The fraction of sp³-hybridized carbons (Fsp3) is 0.500. The Labute approximate surface area is 67.6 Å². The molecule has 0 aromatic heterocycles. The minimum absolute atomic E-state index is 0. The minimum Gasteiger partial charge on any atom is -0.394 e. The van der Waals surface area contributed by atoms with Crippen molar-refractivity contribution in [3.63, 3.8) is 0 Å². The van der Waals surface area contributed by atoms with E-state index in [1.807, 2.05) is 0 Å². The van der Waals surface area contributed by atoms with E-state index in [1.165, 1.54) is 13.8 Å². The second-order valence-electron chi connectivity index (χ2n) is 1.09. The molecule has 0 aliphatic heterocycles. The predicted molar refractivity (Wildman–Crippen MR) is 22.4 cm³/mol. The van der Waals surface area contributed by atoms with E-state index in [1.54, 1.807) is 0 Å². The van der Waals surface area contributed by atoms with E-state index >= 15 is 0 Å². The van der Waals surface area contributed by atoms with Crippen LogP contribution in [0.5, 0.6) is 0 Å². The van der Waals surface area contributed by atoms with Crippen LogP contribution in [0.4, 0.5) is 0 Å². The van der Waals surface area contributed by atoms with Gasteiger partial charge >= 0.3 is 11.9 Å². The summed E-state index contributed by atoms with van der Waals surface area (Å²) >= 11 is 0. The monoisotopic (exact) mass is 216 g/mol. The van der Waals surface area contributed by atoms with E-state index in [2.05, 4.69) is 4.74 Å². The fourth-order valence-electron chi connectivity index (χ4n) is 0.202. The number of hydrogen-bond donors (Lipinski definition) is 0. The summed E-state index contributed by atoms with van der Waals surface area (Å²) in [7, 11) is 0. The van der Waals surface area contributed by atoms with Gasteiger partial charge in [0.2, 0.25) is 0 Å². The molecule has 0 N–H and O–H groups in total. The Bertz CT molecular complexity index is 87.5. The molecule has 0 aliphatic rings. The molecule has 0 aromatic rings. The number of rotatable bonds is 0. The van der Waals surface area contributed by atoms with Gasteiger partial charge in [0.05, 0.1) is 0 Å². The van der Waals surface area contributed by atoms with Gasteiger partial charge in [0.1, 0.15) is 0 Å². The van der Waals surface area contributed by atoms with Crippen molar-refractivity contribution in [1.29, 1.82) is 0 Å². The van der Waals surface area contributed by atoms with Crippen LogP contribution in [-0.4, -0.2) is 11.9 Å². The van der Waals surface area contributed by atoms with E-state index in [-0.39, 0.29) is 27.3 Å². The van der Waals surface area contributed by atoms with Gasteiger partial charge in [-0.2, -0.15) is 0 Å². The van der Waals surface area contributed by atoms with Crippen molar-refractivity contribution in [2.24, 2.45) is 0 Å². The third-order valence-electron chi connectivity index (χ3n) is 0.287. The maximum atomic E-state index is 9.81. The molecule has 8 heavy (non-hydrogen) atoms. The molecule has 0 rings (SSSR count). The summed E-state index contributed by atoms with van der Waals surface area (Å²) in [5.74, 6) is -1.12. The first-order valence-electron chi connectivity index (χ1n) is 1.82. The Hall–Kier alpha value is 0.0621. The normalized spacial score (nSPS) is 6.75. The average Bonchev–Trinajstić information content (AvgIpc) is 1.27. The van der Waals surface area contributed by atoms with Gasteiger partial charge in [-0.05, 0) is 0 Å². The summed E-state index contributed by atoms with van der Waals surface area (Å²) < 4.78 is 3.97. The smallest absolute Gasteiger partial charge is 0.310 e. The standard InChI is InChI=1S/C4H6O3.Cd/c1-3(5)7-4(2)6;/h1-2H3;. The van der Waals surface area contributed by atoms with Gasteiger partial charge in [0, 0.05) is 41.1 Å². The SMILES string of the molecule is CC(=O)OC(C)=O.[Cd]. The quantitative estimate of drug-likeness (QED) is 0.326. The Morgan fingerprint density at radius 3 is 1.38 bits per heavy atom. The van der Waals surface area contributed by atoms with Gasteiger partial charge in [0.25, 0.3) is 0 Å². The molecule has 0 amide bonds. The van der Waals surface area contributed by atoms with Crippen LogP contribution in [0.3, 0.4) is 0 Å². The van der Waals surface area contributed by atoms with Crippen molar-refractivity contribution >= 4 is 11.9 Å². The molecule has 0 heterocycles. The number of hydrogen-bond acceptors (Lipinski definition) is 3. The van der Waals surface area contributed by atoms with Gasteiger partial charge in [-0.25, -0.2) is 0 Å². The van der Waals surface area contributed by atoms with Gasteiger partial charge in [-0.15, -0.1) is 0 Å². The molecule has 3 nitrogen and oxygen atoms in total. The molecule has 0 saturated heterocycles. The van der Waals surface area contributed by atoms with Crippen LogP contribution in [0.15, 0.2) is 0 Å². The first kappa shape index (κ1) is 10.9. The molecular weight excluding hydrogens is 208 g/mol. The second-order valence-corrected chi connectivity index (χ2v) is 1.09. The zero-order chi connectivity index (χ0) is 5.86. The molecule has 0 bridgehead atoms. The Morgan fingerprint density at radius 1 is 1.12 bits per heavy atom. The first-order valence-corrected chi connectivity index (χ1v) is 1.82.